The van der Waals surface area contributed by atoms with Crippen LogP contribution in [-0.2, 0) is 0 Å². The SMILES string of the molecule is CC(c1ccc(-n2cncn2)cc1)N(C)C(=O)c1cccnc1N(C)C. The van der Waals surface area contributed by atoms with Crippen molar-refractivity contribution in [1.82, 2.24) is 24.6 Å². The van der Waals surface area contributed by atoms with Gasteiger partial charge in [-0.25, -0.2) is 14.6 Å². The van der Waals surface area contributed by atoms with E-state index in [0.29, 0.717) is 11.4 Å². The Morgan fingerprint density at radius 1 is 1.12 bits per heavy atom. The molecule has 0 fully saturated rings. The number of amides is 1. The zero-order chi connectivity index (χ0) is 18.7. The highest BCUT2D eigenvalue weighted by molar-refractivity contribution is 5.98. The molecule has 3 rings (SSSR count). The maximum atomic E-state index is 13.0. The molecule has 2 aromatic heterocycles. The van der Waals surface area contributed by atoms with E-state index < -0.39 is 0 Å². The van der Waals surface area contributed by atoms with Gasteiger partial charge in [0.25, 0.3) is 5.91 Å². The van der Waals surface area contributed by atoms with Gasteiger partial charge in [0, 0.05) is 27.3 Å². The number of carbonyl (C=O) groups excluding carboxylic acids is 1. The zero-order valence-corrected chi connectivity index (χ0v) is 15.4. The van der Waals surface area contributed by atoms with Crippen molar-refractivity contribution >= 4 is 11.7 Å². The quantitative estimate of drug-likeness (QED) is 0.707. The highest BCUT2D eigenvalue weighted by Crippen LogP contribution is 2.24. The van der Waals surface area contributed by atoms with Crippen molar-refractivity contribution in [3.8, 4) is 5.69 Å². The summed E-state index contributed by atoms with van der Waals surface area (Å²) >= 11 is 0. The minimum atomic E-state index is -0.0810. The zero-order valence-electron chi connectivity index (χ0n) is 15.4. The minimum Gasteiger partial charge on any atom is -0.362 e. The van der Waals surface area contributed by atoms with E-state index in [9.17, 15) is 4.79 Å². The summed E-state index contributed by atoms with van der Waals surface area (Å²) in [6, 6.07) is 11.4. The summed E-state index contributed by atoms with van der Waals surface area (Å²) in [5.41, 5.74) is 2.56. The van der Waals surface area contributed by atoms with Crippen LogP contribution in [0.25, 0.3) is 5.69 Å². The Labute approximate surface area is 152 Å². The van der Waals surface area contributed by atoms with Crippen molar-refractivity contribution in [2.75, 3.05) is 26.0 Å². The van der Waals surface area contributed by atoms with E-state index >= 15 is 0 Å². The van der Waals surface area contributed by atoms with Gasteiger partial charge in [-0.2, -0.15) is 5.10 Å². The van der Waals surface area contributed by atoms with Crippen LogP contribution in [0.15, 0.2) is 55.2 Å². The number of hydrogen-bond donors (Lipinski definition) is 0. The monoisotopic (exact) mass is 350 g/mol. The summed E-state index contributed by atoms with van der Waals surface area (Å²) in [6.07, 6.45) is 4.84. The predicted molar refractivity (Wildman–Crippen MR) is 100 cm³/mol. The molecule has 26 heavy (non-hydrogen) atoms. The molecule has 0 N–H and O–H groups in total. The largest absolute Gasteiger partial charge is 0.362 e. The van der Waals surface area contributed by atoms with Crippen LogP contribution in [-0.4, -0.2) is 51.7 Å². The lowest BCUT2D eigenvalue weighted by atomic mass is 10.1. The van der Waals surface area contributed by atoms with E-state index in [0.717, 1.165) is 11.3 Å². The molecule has 0 aliphatic carbocycles. The van der Waals surface area contributed by atoms with E-state index in [1.807, 2.05) is 63.3 Å². The van der Waals surface area contributed by atoms with Crippen LogP contribution in [0.3, 0.4) is 0 Å². The summed E-state index contributed by atoms with van der Waals surface area (Å²) in [5.74, 6) is 0.604. The summed E-state index contributed by atoms with van der Waals surface area (Å²) in [6.45, 7) is 2.01. The Morgan fingerprint density at radius 2 is 1.85 bits per heavy atom. The van der Waals surface area contributed by atoms with Gasteiger partial charge in [-0.1, -0.05) is 12.1 Å². The number of anilines is 1. The first-order chi connectivity index (χ1) is 12.5. The number of rotatable bonds is 5. The Bertz CT molecular complexity index is 873. The van der Waals surface area contributed by atoms with E-state index in [-0.39, 0.29) is 11.9 Å². The van der Waals surface area contributed by atoms with E-state index in [2.05, 4.69) is 15.1 Å². The average Bonchev–Trinajstić information content (AvgIpc) is 3.21. The number of carbonyl (C=O) groups is 1. The highest BCUT2D eigenvalue weighted by Gasteiger charge is 2.22. The fraction of sp³-hybridized carbons (Fsp3) is 0.263. The van der Waals surface area contributed by atoms with Crippen molar-refractivity contribution in [2.24, 2.45) is 0 Å². The van der Waals surface area contributed by atoms with Gasteiger partial charge in [0.15, 0.2) is 0 Å². The molecule has 0 saturated carbocycles. The van der Waals surface area contributed by atoms with Crippen molar-refractivity contribution in [3.05, 3.63) is 66.4 Å². The molecule has 0 aliphatic heterocycles. The number of hydrogen-bond acceptors (Lipinski definition) is 5. The Balaban J connectivity index is 1.81. The van der Waals surface area contributed by atoms with Gasteiger partial charge in [-0.05, 0) is 36.8 Å². The van der Waals surface area contributed by atoms with Crippen LogP contribution in [0.1, 0.15) is 28.9 Å². The molecule has 0 saturated heterocycles. The van der Waals surface area contributed by atoms with Gasteiger partial charge in [0.1, 0.15) is 18.5 Å². The van der Waals surface area contributed by atoms with Crippen LogP contribution in [0.5, 0.6) is 0 Å². The van der Waals surface area contributed by atoms with Crippen LogP contribution < -0.4 is 4.90 Å². The van der Waals surface area contributed by atoms with Gasteiger partial charge in [0.05, 0.1) is 17.3 Å². The summed E-state index contributed by atoms with van der Waals surface area (Å²) in [7, 11) is 5.57. The number of pyridine rings is 1. The first-order valence-electron chi connectivity index (χ1n) is 8.33. The first-order valence-corrected chi connectivity index (χ1v) is 8.33. The van der Waals surface area contributed by atoms with Gasteiger partial charge in [0.2, 0.25) is 0 Å². The van der Waals surface area contributed by atoms with Crippen LogP contribution in [0, 0.1) is 0 Å². The molecule has 7 nitrogen and oxygen atoms in total. The first kappa shape index (κ1) is 17.6. The third-order valence-corrected chi connectivity index (χ3v) is 4.40. The lowest BCUT2D eigenvalue weighted by molar-refractivity contribution is 0.0743. The van der Waals surface area contributed by atoms with E-state index in [4.69, 9.17) is 0 Å². The maximum Gasteiger partial charge on any atom is 0.257 e. The molecule has 1 atom stereocenters. The molecule has 1 aromatic carbocycles. The second-order valence-corrected chi connectivity index (χ2v) is 6.29. The van der Waals surface area contributed by atoms with Crippen LogP contribution in [0.4, 0.5) is 5.82 Å². The highest BCUT2D eigenvalue weighted by atomic mass is 16.2. The molecular weight excluding hydrogens is 328 g/mol. The number of aromatic nitrogens is 4. The van der Waals surface area contributed by atoms with E-state index in [1.54, 1.807) is 28.2 Å². The Hall–Kier alpha value is -3.22. The minimum absolute atomic E-state index is 0.0605. The smallest absolute Gasteiger partial charge is 0.257 e. The third-order valence-electron chi connectivity index (χ3n) is 4.40. The predicted octanol–water partition coefficient (Wildman–Crippen LogP) is 2.56. The van der Waals surface area contributed by atoms with E-state index in [1.165, 1.54) is 6.33 Å². The van der Waals surface area contributed by atoms with Crippen LogP contribution >= 0.6 is 0 Å². The molecule has 0 bridgehead atoms. The third kappa shape index (κ3) is 3.42. The van der Waals surface area contributed by atoms with Crippen molar-refractivity contribution in [1.29, 1.82) is 0 Å². The second-order valence-electron chi connectivity index (χ2n) is 6.29. The van der Waals surface area contributed by atoms with Gasteiger partial charge >= 0.3 is 0 Å². The molecular formula is C19H22N6O. The summed E-state index contributed by atoms with van der Waals surface area (Å²) in [4.78, 5) is 24.8. The van der Waals surface area contributed by atoms with Crippen molar-refractivity contribution in [2.45, 2.75) is 13.0 Å². The summed E-state index contributed by atoms with van der Waals surface area (Å²) in [5, 5.41) is 4.12. The van der Waals surface area contributed by atoms with Crippen LogP contribution in [0.2, 0.25) is 0 Å². The molecule has 3 aromatic rings. The standard InChI is InChI=1S/C19H22N6O/c1-14(15-7-9-16(10-8-15)25-13-20-12-22-25)24(4)19(26)17-6-5-11-21-18(17)23(2)3/h5-14H,1-4H3. The molecule has 0 spiro atoms. The second kappa shape index (κ2) is 7.35. The molecule has 1 unspecified atom stereocenters. The fourth-order valence-electron chi connectivity index (χ4n) is 2.76. The van der Waals surface area contributed by atoms with Gasteiger partial charge in [-0.3, -0.25) is 4.79 Å². The molecule has 0 aliphatic rings. The molecule has 1 amide bonds. The van der Waals surface area contributed by atoms with Crippen molar-refractivity contribution < 1.29 is 4.79 Å². The Kier molecular flexibility index (Phi) is 4.97. The maximum absolute atomic E-state index is 13.0. The molecule has 0 radical (unpaired) electrons. The number of benzene rings is 1. The normalized spacial score (nSPS) is 11.8. The average molecular weight is 350 g/mol. The summed E-state index contributed by atoms with van der Waals surface area (Å²) < 4.78 is 1.70. The lowest BCUT2D eigenvalue weighted by Gasteiger charge is -2.27. The van der Waals surface area contributed by atoms with Gasteiger partial charge in [-0.15, -0.1) is 0 Å². The fourth-order valence-corrected chi connectivity index (χ4v) is 2.76. The molecule has 2 heterocycles. The topological polar surface area (TPSA) is 67.2 Å². The molecule has 7 heteroatoms. The lowest BCUT2D eigenvalue weighted by Crippen LogP contribution is -2.31. The van der Waals surface area contributed by atoms with Gasteiger partial charge < -0.3 is 9.80 Å². The van der Waals surface area contributed by atoms with Crippen molar-refractivity contribution in [3.63, 3.8) is 0 Å². The number of nitrogens with zero attached hydrogens (tertiary/aromatic N) is 6. The Morgan fingerprint density at radius 3 is 2.46 bits per heavy atom. The molecule has 134 valence electrons.